The van der Waals surface area contributed by atoms with E-state index >= 15 is 0 Å². The maximum Gasteiger partial charge on any atom is 0.252 e. The minimum atomic E-state index is -0.421. The molecule has 94 valence electrons. The predicted molar refractivity (Wildman–Crippen MR) is 70.5 cm³/mol. The van der Waals surface area contributed by atoms with Gasteiger partial charge >= 0.3 is 0 Å². The van der Waals surface area contributed by atoms with Crippen LogP contribution in [0.4, 0.5) is 4.39 Å². The van der Waals surface area contributed by atoms with Crippen molar-refractivity contribution in [2.24, 2.45) is 5.92 Å². The molecule has 0 aliphatic heterocycles. The molecule has 0 saturated carbocycles. The summed E-state index contributed by atoms with van der Waals surface area (Å²) in [5, 5.41) is 2.91. The molecule has 0 bridgehead atoms. The normalized spacial score (nSPS) is 12.6. The van der Waals surface area contributed by atoms with Crippen molar-refractivity contribution < 1.29 is 9.18 Å². The van der Waals surface area contributed by atoms with Crippen LogP contribution in [0, 0.1) is 11.7 Å². The summed E-state index contributed by atoms with van der Waals surface area (Å²) in [6.07, 6.45) is 0.857. The number of benzene rings is 1. The van der Waals surface area contributed by atoms with Gasteiger partial charge in [-0.05, 0) is 40.4 Å². The summed E-state index contributed by atoms with van der Waals surface area (Å²) in [5.41, 5.74) is 0.337. The van der Waals surface area contributed by atoms with E-state index in [2.05, 4.69) is 35.1 Å². The van der Waals surface area contributed by atoms with Gasteiger partial charge in [0.25, 0.3) is 5.91 Å². The van der Waals surface area contributed by atoms with Gasteiger partial charge in [-0.3, -0.25) is 4.79 Å². The summed E-state index contributed by atoms with van der Waals surface area (Å²) in [6, 6.07) is 4.57. The lowest BCUT2D eigenvalue weighted by molar-refractivity contribution is 0.0923. The molecule has 0 aliphatic carbocycles. The van der Waals surface area contributed by atoms with Crippen LogP contribution in [0.2, 0.25) is 0 Å². The second kappa shape index (κ2) is 6.15. The molecule has 0 fully saturated rings. The Morgan fingerprint density at radius 3 is 2.65 bits per heavy atom. The molecule has 2 nitrogen and oxygen atoms in total. The molecule has 0 aromatic heterocycles. The van der Waals surface area contributed by atoms with E-state index in [1.54, 1.807) is 6.07 Å². The Kier molecular flexibility index (Phi) is 5.12. The fraction of sp³-hybridized carbons (Fsp3) is 0.462. The summed E-state index contributed by atoms with van der Waals surface area (Å²) < 4.78 is 13.5. The first-order valence-electron chi connectivity index (χ1n) is 5.72. The molecule has 0 radical (unpaired) electrons. The Balaban J connectivity index is 2.86. The molecule has 1 N–H and O–H groups in total. The topological polar surface area (TPSA) is 29.1 Å². The summed E-state index contributed by atoms with van der Waals surface area (Å²) in [4.78, 5) is 12.0. The third kappa shape index (κ3) is 3.53. The van der Waals surface area contributed by atoms with Crippen LogP contribution in [-0.2, 0) is 0 Å². The maximum absolute atomic E-state index is 13.3. The van der Waals surface area contributed by atoms with E-state index in [0.29, 0.717) is 11.5 Å². The minimum absolute atomic E-state index is 0.109. The Hall–Kier alpha value is -0.900. The van der Waals surface area contributed by atoms with Crippen LogP contribution in [0.5, 0.6) is 0 Å². The van der Waals surface area contributed by atoms with Crippen molar-refractivity contribution in [1.29, 1.82) is 0 Å². The SMILES string of the molecule is CCC(NC(=O)c1cccc(F)c1Br)C(C)C. The van der Waals surface area contributed by atoms with Crippen LogP contribution in [-0.4, -0.2) is 11.9 Å². The third-order valence-electron chi connectivity index (χ3n) is 2.76. The van der Waals surface area contributed by atoms with E-state index in [-0.39, 0.29) is 16.4 Å². The Morgan fingerprint density at radius 1 is 1.47 bits per heavy atom. The molecule has 1 unspecified atom stereocenters. The highest BCUT2D eigenvalue weighted by molar-refractivity contribution is 9.10. The van der Waals surface area contributed by atoms with Gasteiger partial charge in [0, 0.05) is 6.04 Å². The average molecular weight is 302 g/mol. The van der Waals surface area contributed by atoms with Crippen LogP contribution in [0.25, 0.3) is 0 Å². The fourth-order valence-corrected chi connectivity index (χ4v) is 2.11. The van der Waals surface area contributed by atoms with Crippen molar-refractivity contribution in [1.82, 2.24) is 5.32 Å². The summed E-state index contributed by atoms with van der Waals surface area (Å²) in [6.45, 7) is 6.12. The standard InChI is InChI=1S/C13H17BrFNO/c1-4-11(8(2)3)16-13(17)9-6-5-7-10(15)12(9)14/h5-8,11H,4H2,1-3H3,(H,16,17). The van der Waals surface area contributed by atoms with Crippen molar-refractivity contribution in [2.75, 3.05) is 0 Å². The molecular weight excluding hydrogens is 285 g/mol. The van der Waals surface area contributed by atoms with Gasteiger partial charge < -0.3 is 5.32 Å². The predicted octanol–water partition coefficient (Wildman–Crippen LogP) is 3.75. The smallest absolute Gasteiger partial charge is 0.252 e. The quantitative estimate of drug-likeness (QED) is 0.901. The number of carbonyl (C=O) groups is 1. The molecule has 1 amide bonds. The zero-order valence-corrected chi connectivity index (χ0v) is 11.8. The molecule has 17 heavy (non-hydrogen) atoms. The second-order valence-corrected chi connectivity index (χ2v) is 5.13. The first-order valence-corrected chi connectivity index (χ1v) is 6.51. The maximum atomic E-state index is 13.3. The molecule has 1 aromatic carbocycles. The Morgan fingerprint density at radius 2 is 2.12 bits per heavy atom. The number of carbonyl (C=O) groups excluding carboxylic acids is 1. The number of halogens is 2. The van der Waals surface area contributed by atoms with Gasteiger partial charge in [0.2, 0.25) is 0 Å². The van der Waals surface area contributed by atoms with E-state index in [0.717, 1.165) is 6.42 Å². The van der Waals surface area contributed by atoms with Gasteiger partial charge in [0.05, 0.1) is 10.0 Å². The van der Waals surface area contributed by atoms with Crippen molar-refractivity contribution in [3.8, 4) is 0 Å². The van der Waals surface area contributed by atoms with Gasteiger partial charge in [-0.25, -0.2) is 4.39 Å². The molecule has 0 saturated heterocycles. The molecule has 1 atom stereocenters. The van der Waals surface area contributed by atoms with E-state index in [1.807, 2.05) is 6.92 Å². The minimum Gasteiger partial charge on any atom is -0.349 e. The van der Waals surface area contributed by atoms with Crippen LogP contribution in [0.15, 0.2) is 22.7 Å². The highest BCUT2D eigenvalue weighted by Gasteiger charge is 2.18. The summed E-state index contributed by atoms with van der Waals surface area (Å²) in [5.74, 6) is -0.302. The first-order chi connectivity index (χ1) is 7.97. The van der Waals surface area contributed by atoms with Crippen molar-refractivity contribution in [2.45, 2.75) is 33.2 Å². The summed E-state index contributed by atoms with van der Waals surface area (Å²) in [7, 11) is 0. The number of rotatable bonds is 4. The Labute approximate surface area is 110 Å². The fourth-order valence-electron chi connectivity index (χ4n) is 1.67. The van der Waals surface area contributed by atoms with E-state index < -0.39 is 5.82 Å². The van der Waals surface area contributed by atoms with Crippen LogP contribution in [0.3, 0.4) is 0 Å². The van der Waals surface area contributed by atoms with E-state index in [9.17, 15) is 9.18 Å². The lowest BCUT2D eigenvalue weighted by Gasteiger charge is -2.21. The van der Waals surface area contributed by atoms with E-state index in [4.69, 9.17) is 0 Å². The first kappa shape index (κ1) is 14.2. The van der Waals surface area contributed by atoms with Gasteiger partial charge in [0.15, 0.2) is 0 Å². The molecule has 4 heteroatoms. The van der Waals surface area contributed by atoms with Gasteiger partial charge in [-0.2, -0.15) is 0 Å². The van der Waals surface area contributed by atoms with Gasteiger partial charge in [-0.15, -0.1) is 0 Å². The van der Waals surface area contributed by atoms with E-state index in [1.165, 1.54) is 12.1 Å². The highest BCUT2D eigenvalue weighted by Crippen LogP contribution is 2.20. The van der Waals surface area contributed by atoms with Crippen LogP contribution < -0.4 is 5.32 Å². The third-order valence-corrected chi connectivity index (χ3v) is 3.56. The summed E-state index contributed by atoms with van der Waals surface area (Å²) >= 11 is 3.09. The van der Waals surface area contributed by atoms with Crippen molar-refractivity contribution in [3.05, 3.63) is 34.1 Å². The molecule has 1 aromatic rings. The largest absolute Gasteiger partial charge is 0.349 e. The molecular formula is C13H17BrFNO. The molecule has 0 heterocycles. The lowest BCUT2D eigenvalue weighted by atomic mass is 10.0. The molecule has 0 spiro atoms. The van der Waals surface area contributed by atoms with Crippen molar-refractivity contribution in [3.63, 3.8) is 0 Å². The van der Waals surface area contributed by atoms with Crippen LogP contribution in [0.1, 0.15) is 37.6 Å². The Bertz CT molecular complexity index is 406. The zero-order valence-electron chi connectivity index (χ0n) is 10.3. The number of amides is 1. The number of nitrogens with one attached hydrogen (secondary N) is 1. The highest BCUT2D eigenvalue weighted by atomic mass is 79.9. The average Bonchev–Trinajstić information content (AvgIpc) is 2.28. The van der Waals surface area contributed by atoms with Gasteiger partial charge in [0.1, 0.15) is 5.82 Å². The molecule has 0 aliphatic rings. The number of hydrogen-bond acceptors (Lipinski definition) is 1. The lowest BCUT2D eigenvalue weighted by Crippen LogP contribution is -2.38. The van der Waals surface area contributed by atoms with Crippen LogP contribution >= 0.6 is 15.9 Å². The zero-order chi connectivity index (χ0) is 13.0. The second-order valence-electron chi connectivity index (χ2n) is 4.33. The van der Waals surface area contributed by atoms with Crippen molar-refractivity contribution >= 4 is 21.8 Å². The molecule has 1 rings (SSSR count). The monoisotopic (exact) mass is 301 g/mol. The number of hydrogen-bond donors (Lipinski definition) is 1. The van der Waals surface area contributed by atoms with Gasteiger partial charge in [-0.1, -0.05) is 26.8 Å².